The topological polar surface area (TPSA) is 69.6 Å². The number of hydrogen-bond acceptors (Lipinski definition) is 2. The van der Waals surface area contributed by atoms with Crippen LogP contribution in [-0.2, 0) is 4.79 Å². The van der Waals surface area contributed by atoms with Crippen molar-refractivity contribution in [3.8, 4) is 0 Å². The Bertz CT molecular complexity index is 315. The van der Waals surface area contributed by atoms with Crippen molar-refractivity contribution in [2.75, 3.05) is 13.1 Å². The third-order valence-corrected chi connectivity index (χ3v) is 3.82. The highest BCUT2D eigenvalue weighted by Gasteiger charge is 2.35. The molecule has 0 radical (unpaired) electrons. The minimum atomic E-state index is -0.873. The molecule has 2 N–H and O–H groups in total. The Morgan fingerprint density at radius 3 is 2.56 bits per heavy atom. The summed E-state index contributed by atoms with van der Waals surface area (Å²) in [5.74, 6) is -0.873. The van der Waals surface area contributed by atoms with Crippen LogP contribution in [0.2, 0.25) is 0 Å². The lowest BCUT2D eigenvalue weighted by molar-refractivity contribution is -0.137. The molecule has 0 spiro atoms. The van der Waals surface area contributed by atoms with Crippen LogP contribution in [0.5, 0.6) is 0 Å². The van der Waals surface area contributed by atoms with Crippen LogP contribution in [0.25, 0.3) is 0 Å². The van der Waals surface area contributed by atoms with Crippen molar-refractivity contribution in [2.24, 2.45) is 5.41 Å². The van der Waals surface area contributed by atoms with Crippen LogP contribution in [0.3, 0.4) is 0 Å². The molecule has 104 valence electrons. The van der Waals surface area contributed by atoms with Crippen molar-refractivity contribution in [1.82, 2.24) is 10.2 Å². The number of nitrogens with zero attached hydrogens (tertiary/aromatic N) is 1. The van der Waals surface area contributed by atoms with Gasteiger partial charge in [-0.05, 0) is 25.2 Å². The minimum Gasteiger partial charge on any atom is -0.481 e. The molecule has 1 atom stereocenters. The highest BCUT2D eigenvalue weighted by molar-refractivity contribution is 5.75. The second-order valence-corrected chi connectivity index (χ2v) is 5.61. The van der Waals surface area contributed by atoms with Crippen LogP contribution in [0.4, 0.5) is 4.79 Å². The Kier molecular flexibility index (Phi) is 4.99. The molecule has 1 fully saturated rings. The Hall–Kier alpha value is -1.26. The predicted molar refractivity (Wildman–Crippen MR) is 69.5 cm³/mol. The number of carboxylic acid groups (broad SMARTS) is 1. The molecule has 0 aromatic heterocycles. The van der Waals surface area contributed by atoms with E-state index >= 15 is 0 Å². The van der Waals surface area contributed by atoms with Gasteiger partial charge in [-0.1, -0.05) is 20.3 Å². The van der Waals surface area contributed by atoms with E-state index in [2.05, 4.69) is 19.2 Å². The fourth-order valence-corrected chi connectivity index (χ4v) is 2.47. The van der Waals surface area contributed by atoms with E-state index in [1.807, 2.05) is 6.92 Å². The van der Waals surface area contributed by atoms with Crippen LogP contribution in [0.15, 0.2) is 0 Å². The zero-order valence-corrected chi connectivity index (χ0v) is 11.5. The average molecular weight is 256 g/mol. The molecule has 1 unspecified atom stereocenters. The van der Waals surface area contributed by atoms with Crippen molar-refractivity contribution in [1.29, 1.82) is 0 Å². The van der Waals surface area contributed by atoms with Crippen molar-refractivity contribution in [2.45, 2.75) is 52.5 Å². The summed E-state index contributed by atoms with van der Waals surface area (Å²) in [7, 11) is 0. The summed E-state index contributed by atoms with van der Waals surface area (Å²) in [6.07, 6.45) is 3.27. The van der Waals surface area contributed by atoms with Gasteiger partial charge in [0.25, 0.3) is 0 Å². The van der Waals surface area contributed by atoms with Gasteiger partial charge in [0.15, 0.2) is 0 Å². The molecular formula is C13H24N2O3. The summed E-state index contributed by atoms with van der Waals surface area (Å²) in [6.45, 7) is 7.00. The second-order valence-electron chi connectivity index (χ2n) is 5.61. The van der Waals surface area contributed by atoms with Crippen LogP contribution in [0, 0.1) is 5.41 Å². The molecule has 0 heterocycles. The number of urea groups is 1. The number of rotatable bonds is 5. The van der Waals surface area contributed by atoms with Crippen molar-refractivity contribution >= 4 is 12.0 Å². The summed E-state index contributed by atoms with van der Waals surface area (Å²) in [6, 6.07) is 0.0580. The van der Waals surface area contributed by atoms with E-state index in [0.29, 0.717) is 6.54 Å². The largest absolute Gasteiger partial charge is 0.481 e. The van der Waals surface area contributed by atoms with E-state index in [-0.39, 0.29) is 30.5 Å². The molecule has 1 aliphatic rings. The fourth-order valence-electron chi connectivity index (χ4n) is 2.47. The third kappa shape index (κ3) is 3.89. The first kappa shape index (κ1) is 14.8. The summed E-state index contributed by atoms with van der Waals surface area (Å²) in [4.78, 5) is 24.1. The molecular weight excluding hydrogens is 232 g/mol. The van der Waals surface area contributed by atoms with Gasteiger partial charge in [-0.15, -0.1) is 0 Å². The maximum absolute atomic E-state index is 12.1. The van der Waals surface area contributed by atoms with Gasteiger partial charge in [0.05, 0.1) is 6.42 Å². The van der Waals surface area contributed by atoms with E-state index in [1.165, 1.54) is 0 Å². The van der Waals surface area contributed by atoms with Gasteiger partial charge in [-0.3, -0.25) is 4.79 Å². The Balaban J connectivity index is 2.49. The molecule has 18 heavy (non-hydrogen) atoms. The molecule has 0 aromatic rings. The molecule has 0 aromatic carbocycles. The molecule has 0 aliphatic heterocycles. The number of aliphatic carboxylic acids is 1. The number of carboxylic acids is 1. The first-order chi connectivity index (χ1) is 8.36. The number of hydrogen-bond donors (Lipinski definition) is 2. The Morgan fingerprint density at radius 1 is 1.44 bits per heavy atom. The number of nitrogens with one attached hydrogen (secondary N) is 1. The number of carbonyl (C=O) groups is 2. The van der Waals surface area contributed by atoms with Crippen LogP contribution >= 0.6 is 0 Å². The Morgan fingerprint density at radius 2 is 2.11 bits per heavy atom. The molecule has 0 saturated heterocycles. The Labute approximate surface area is 109 Å². The second kappa shape index (κ2) is 6.07. The summed E-state index contributed by atoms with van der Waals surface area (Å²) < 4.78 is 0. The molecule has 1 aliphatic carbocycles. The van der Waals surface area contributed by atoms with E-state index < -0.39 is 5.97 Å². The summed E-state index contributed by atoms with van der Waals surface area (Å²) >= 11 is 0. The number of carbonyl (C=O) groups excluding carboxylic acids is 1. The van der Waals surface area contributed by atoms with Crippen molar-refractivity contribution < 1.29 is 14.7 Å². The molecule has 5 nitrogen and oxygen atoms in total. The average Bonchev–Trinajstić information content (AvgIpc) is 2.58. The van der Waals surface area contributed by atoms with Crippen molar-refractivity contribution in [3.05, 3.63) is 0 Å². The van der Waals surface area contributed by atoms with Crippen LogP contribution < -0.4 is 5.32 Å². The monoisotopic (exact) mass is 256 g/mol. The summed E-state index contributed by atoms with van der Waals surface area (Å²) in [5.41, 5.74) is 0.141. The lowest BCUT2D eigenvalue weighted by atomic mass is 9.87. The van der Waals surface area contributed by atoms with Crippen molar-refractivity contribution in [3.63, 3.8) is 0 Å². The molecule has 2 amide bonds. The molecule has 5 heteroatoms. The highest BCUT2D eigenvalue weighted by atomic mass is 16.4. The van der Waals surface area contributed by atoms with Crippen LogP contribution in [0.1, 0.15) is 46.5 Å². The van der Waals surface area contributed by atoms with E-state index in [9.17, 15) is 9.59 Å². The molecule has 1 saturated carbocycles. The SMILES string of the molecule is CCN(CCC(=O)O)C(=O)NC1CCCC1(C)C. The standard InChI is InChI=1S/C13H24N2O3/c1-4-15(9-7-11(16)17)12(18)14-10-6-5-8-13(10,2)3/h10H,4-9H2,1-3H3,(H,14,18)(H,16,17). The smallest absolute Gasteiger partial charge is 0.317 e. The van der Waals surface area contributed by atoms with Gasteiger partial charge in [-0.25, -0.2) is 4.79 Å². The lowest BCUT2D eigenvalue weighted by Crippen LogP contribution is -2.48. The highest BCUT2D eigenvalue weighted by Crippen LogP contribution is 2.37. The molecule has 0 bridgehead atoms. The predicted octanol–water partition coefficient (Wildman–Crippen LogP) is 2.07. The van der Waals surface area contributed by atoms with E-state index in [4.69, 9.17) is 5.11 Å². The third-order valence-electron chi connectivity index (χ3n) is 3.82. The first-order valence-corrected chi connectivity index (χ1v) is 6.64. The van der Waals surface area contributed by atoms with E-state index in [0.717, 1.165) is 19.3 Å². The summed E-state index contributed by atoms with van der Waals surface area (Å²) in [5, 5.41) is 11.7. The maximum Gasteiger partial charge on any atom is 0.317 e. The molecule has 1 rings (SSSR count). The van der Waals surface area contributed by atoms with Gasteiger partial charge in [-0.2, -0.15) is 0 Å². The fraction of sp³-hybridized carbons (Fsp3) is 0.846. The van der Waals surface area contributed by atoms with Gasteiger partial charge < -0.3 is 15.3 Å². The van der Waals surface area contributed by atoms with Crippen LogP contribution in [-0.4, -0.2) is 41.1 Å². The van der Waals surface area contributed by atoms with Gasteiger partial charge in [0.1, 0.15) is 0 Å². The van der Waals surface area contributed by atoms with Gasteiger partial charge in [0, 0.05) is 19.1 Å². The minimum absolute atomic E-state index is 0.00464. The quantitative estimate of drug-likeness (QED) is 0.791. The van der Waals surface area contributed by atoms with Gasteiger partial charge in [0.2, 0.25) is 0 Å². The first-order valence-electron chi connectivity index (χ1n) is 6.64. The zero-order valence-electron chi connectivity index (χ0n) is 11.5. The van der Waals surface area contributed by atoms with E-state index in [1.54, 1.807) is 4.90 Å². The van der Waals surface area contributed by atoms with Gasteiger partial charge >= 0.3 is 12.0 Å². The lowest BCUT2D eigenvalue weighted by Gasteiger charge is -2.30. The number of amides is 2. The maximum atomic E-state index is 12.1. The zero-order chi connectivity index (χ0) is 13.8. The normalized spacial score (nSPS) is 21.6.